The van der Waals surface area contributed by atoms with E-state index in [9.17, 15) is 4.79 Å². The molecule has 0 aromatic heterocycles. The van der Waals surface area contributed by atoms with Gasteiger partial charge in [0.25, 0.3) is 0 Å². The van der Waals surface area contributed by atoms with Crippen molar-refractivity contribution in [1.82, 2.24) is 15.1 Å². The highest BCUT2D eigenvalue weighted by Crippen LogP contribution is 2.22. The fourth-order valence-electron chi connectivity index (χ4n) is 4.06. The van der Waals surface area contributed by atoms with Crippen LogP contribution in [0.25, 0.3) is 0 Å². The third-order valence-corrected chi connectivity index (χ3v) is 5.27. The molecule has 0 spiro atoms. The lowest BCUT2D eigenvalue weighted by Gasteiger charge is -2.38. The van der Waals surface area contributed by atoms with E-state index in [1.807, 2.05) is 0 Å². The Bertz CT molecular complexity index is 322. The molecule has 3 heterocycles. The fraction of sp³-hybridized carbons (Fsp3) is 0.938. The van der Waals surface area contributed by atoms with Crippen LogP contribution in [0.5, 0.6) is 0 Å². The van der Waals surface area contributed by atoms with Crippen LogP contribution in [-0.2, 0) is 4.79 Å². The van der Waals surface area contributed by atoms with E-state index in [0.717, 1.165) is 32.6 Å². The summed E-state index contributed by atoms with van der Waals surface area (Å²) in [5.41, 5.74) is 0. The molecule has 114 valence electrons. The van der Waals surface area contributed by atoms with Gasteiger partial charge >= 0.3 is 0 Å². The molecular weight excluding hydrogens is 250 g/mol. The number of rotatable bonds is 3. The van der Waals surface area contributed by atoms with Crippen molar-refractivity contribution >= 4 is 5.91 Å². The zero-order valence-corrected chi connectivity index (χ0v) is 12.6. The largest absolute Gasteiger partial charge is 0.341 e. The molecule has 20 heavy (non-hydrogen) atoms. The molecule has 0 aromatic carbocycles. The van der Waals surface area contributed by atoms with Crippen LogP contribution in [0.1, 0.15) is 44.9 Å². The molecule has 0 aliphatic carbocycles. The average Bonchev–Trinajstić information content (AvgIpc) is 3.03. The van der Waals surface area contributed by atoms with Gasteiger partial charge in [-0.15, -0.1) is 0 Å². The Morgan fingerprint density at radius 3 is 2.65 bits per heavy atom. The average molecular weight is 279 g/mol. The van der Waals surface area contributed by atoms with Crippen molar-refractivity contribution in [3.63, 3.8) is 0 Å². The summed E-state index contributed by atoms with van der Waals surface area (Å²) in [5.74, 6) is 0.978. The highest BCUT2D eigenvalue weighted by molar-refractivity contribution is 5.76. The number of carbonyl (C=O) groups is 1. The van der Waals surface area contributed by atoms with Gasteiger partial charge in [0.15, 0.2) is 0 Å². The van der Waals surface area contributed by atoms with E-state index >= 15 is 0 Å². The first-order valence-electron chi connectivity index (χ1n) is 8.55. The van der Waals surface area contributed by atoms with Crippen LogP contribution >= 0.6 is 0 Å². The summed E-state index contributed by atoms with van der Waals surface area (Å²) in [6.45, 7) is 6.64. The first-order valence-corrected chi connectivity index (χ1v) is 8.55. The molecule has 4 heteroatoms. The van der Waals surface area contributed by atoms with Gasteiger partial charge in [-0.1, -0.05) is 0 Å². The van der Waals surface area contributed by atoms with Gasteiger partial charge in [-0.25, -0.2) is 0 Å². The van der Waals surface area contributed by atoms with E-state index in [-0.39, 0.29) is 0 Å². The second-order valence-corrected chi connectivity index (χ2v) is 6.80. The summed E-state index contributed by atoms with van der Waals surface area (Å²) < 4.78 is 0. The van der Waals surface area contributed by atoms with Crippen molar-refractivity contribution in [3.05, 3.63) is 0 Å². The number of hydrogen-bond donors (Lipinski definition) is 1. The zero-order valence-electron chi connectivity index (χ0n) is 12.6. The van der Waals surface area contributed by atoms with Crippen LogP contribution in [-0.4, -0.2) is 61.0 Å². The third-order valence-electron chi connectivity index (χ3n) is 5.27. The fourth-order valence-corrected chi connectivity index (χ4v) is 4.06. The summed E-state index contributed by atoms with van der Waals surface area (Å²) in [6.07, 6.45) is 8.39. The molecule has 4 nitrogen and oxygen atoms in total. The Hall–Kier alpha value is -0.610. The highest BCUT2D eigenvalue weighted by Gasteiger charge is 2.30. The lowest BCUT2D eigenvalue weighted by atomic mass is 9.95. The minimum absolute atomic E-state index is 0.405. The van der Waals surface area contributed by atoms with Gasteiger partial charge in [-0.2, -0.15) is 0 Å². The molecule has 3 aliphatic rings. The molecule has 1 N–H and O–H groups in total. The van der Waals surface area contributed by atoms with Crippen LogP contribution in [0.4, 0.5) is 0 Å². The molecule has 1 amide bonds. The molecule has 3 saturated heterocycles. The molecular formula is C16H29N3O. The van der Waals surface area contributed by atoms with Crippen molar-refractivity contribution in [2.75, 3.05) is 39.3 Å². The Morgan fingerprint density at radius 1 is 1.05 bits per heavy atom. The number of amides is 1. The van der Waals surface area contributed by atoms with Crippen LogP contribution < -0.4 is 5.32 Å². The van der Waals surface area contributed by atoms with Crippen molar-refractivity contribution < 1.29 is 4.79 Å². The van der Waals surface area contributed by atoms with E-state index in [4.69, 9.17) is 0 Å². The summed E-state index contributed by atoms with van der Waals surface area (Å²) in [7, 11) is 0. The molecule has 3 rings (SSSR count). The van der Waals surface area contributed by atoms with Gasteiger partial charge in [0.1, 0.15) is 0 Å². The minimum atomic E-state index is 0.405. The molecule has 3 aliphatic heterocycles. The third kappa shape index (κ3) is 3.53. The topological polar surface area (TPSA) is 35.6 Å². The second kappa shape index (κ2) is 6.90. The molecule has 0 aromatic rings. The number of nitrogens with one attached hydrogen (secondary N) is 1. The van der Waals surface area contributed by atoms with Crippen LogP contribution in [0, 0.1) is 5.92 Å². The van der Waals surface area contributed by atoms with Crippen LogP contribution in [0.2, 0.25) is 0 Å². The van der Waals surface area contributed by atoms with Crippen molar-refractivity contribution in [2.45, 2.75) is 51.0 Å². The van der Waals surface area contributed by atoms with Crippen molar-refractivity contribution in [2.24, 2.45) is 5.92 Å². The van der Waals surface area contributed by atoms with Crippen molar-refractivity contribution in [1.29, 1.82) is 0 Å². The standard InChI is InChI=1S/C16H29N3O/c20-16(11-14-5-3-7-17-12-14)19-10-4-6-15(13-19)18-8-1-2-9-18/h14-15,17H,1-13H2. The SMILES string of the molecule is O=C(CC1CCCNC1)N1CCCC(N2CCCC2)C1. The van der Waals surface area contributed by atoms with Gasteiger partial charge in [-0.05, 0) is 70.6 Å². The van der Waals surface area contributed by atoms with Gasteiger partial charge in [0.2, 0.25) is 5.91 Å². The van der Waals surface area contributed by atoms with E-state index in [0.29, 0.717) is 17.9 Å². The summed E-state index contributed by atoms with van der Waals surface area (Å²) >= 11 is 0. The molecule has 3 fully saturated rings. The molecule has 2 atom stereocenters. The maximum atomic E-state index is 12.5. The van der Waals surface area contributed by atoms with Gasteiger partial charge in [0.05, 0.1) is 0 Å². The summed E-state index contributed by atoms with van der Waals surface area (Å²) in [5, 5.41) is 3.42. The van der Waals surface area contributed by atoms with Gasteiger partial charge < -0.3 is 10.2 Å². The number of likely N-dealkylation sites (tertiary alicyclic amines) is 2. The maximum absolute atomic E-state index is 12.5. The minimum Gasteiger partial charge on any atom is -0.341 e. The lowest BCUT2D eigenvalue weighted by Crippen LogP contribution is -2.49. The number of hydrogen-bond acceptors (Lipinski definition) is 3. The quantitative estimate of drug-likeness (QED) is 0.849. The van der Waals surface area contributed by atoms with Crippen LogP contribution in [0.3, 0.4) is 0 Å². The number of piperidine rings is 2. The Morgan fingerprint density at radius 2 is 1.90 bits per heavy atom. The Balaban J connectivity index is 1.49. The zero-order chi connectivity index (χ0) is 13.8. The Kier molecular flexibility index (Phi) is 4.94. The molecule has 0 saturated carbocycles. The van der Waals surface area contributed by atoms with Crippen LogP contribution in [0.15, 0.2) is 0 Å². The van der Waals surface area contributed by atoms with Crippen molar-refractivity contribution in [3.8, 4) is 0 Å². The Labute approximate surface area is 122 Å². The first-order chi connectivity index (χ1) is 9.83. The summed E-state index contributed by atoms with van der Waals surface area (Å²) in [4.78, 5) is 17.3. The van der Waals surface area contributed by atoms with E-state index < -0.39 is 0 Å². The van der Waals surface area contributed by atoms with E-state index in [1.54, 1.807) is 0 Å². The number of nitrogens with zero attached hydrogens (tertiary/aromatic N) is 2. The van der Waals surface area contributed by atoms with E-state index in [2.05, 4.69) is 15.1 Å². The predicted molar refractivity (Wildman–Crippen MR) is 80.6 cm³/mol. The normalized spacial score (nSPS) is 32.5. The van der Waals surface area contributed by atoms with Gasteiger partial charge in [0, 0.05) is 25.6 Å². The van der Waals surface area contributed by atoms with Gasteiger partial charge in [-0.3, -0.25) is 9.69 Å². The molecule has 0 radical (unpaired) electrons. The van der Waals surface area contributed by atoms with E-state index in [1.165, 1.54) is 51.6 Å². The first kappa shape index (κ1) is 14.3. The molecule has 2 unspecified atom stereocenters. The highest BCUT2D eigenvalue weighted by atomic mass is 16.2. The second-order valence-electron chi connectivity index (χ2n) is 6.80. The lowest BCUT2D eigenvalue weighted by molar-refractivity contribution is -0.134. The monoisotopic (exact) mass is 279 g/mol. The molecule has 0 bridgehead atoms. The number of carbonyl (C=O) groups excluding carboxylic acids is 1. The smallest absolute Gasteiger partial charge is 0.222 e. The maximum Gasteiger partial charge on any atom is 0.222 e. The predicted octanol–water partition coefficient (Wildman–Crippen LogP) is 1.46. The summed E-state index contributed by atoms with van der Waals surface area (Å²) in [6, 6.07) is 0.639.